The van der Waals surface area contributed by atoms with Crippen molar-refractivity contribution in [3.8, 4) is 0 Å². The number of hydrogen-bond acceptors (Lipinski definition) is 3. The van der Waals surface area contributed by atoms with Crippen LogP contribution in [-0.2, 0) is 11.2 Å². The zero-order valence-electron chi connectivity index (χ0n) is 13.0. The highest BCUT2D eigenvalue weighted by Crippen LogP contribution is 2.28. The topological polar surface area (TPSA) is 61.4 Å². The van der Waals surface area contributed by atoms with Crippen molar-refractivity contribution in [2.45, 2.75) is 32.6 Å². The Morgan fingerprint density at radius 2 is 2.09 bits per heavy atom. The van der Waals surface area contributed by atoms with Crippen molar-refractivity contribution in [3.05, 3.63) is 47.5 Å². The van der Waals surface area contributed by atoms with E-state index in [0.29, 0.717) is 11.4 Å². The molecule has 5 nitrogen and oxygen atoms in total. The smallest absolute Gasteiger partial charge is 0.256 e. The lowest BCUT2D eigenvalue weighted by Gasteiger charge is -2.14. The maximum absolute atomic E-state index is 12.8. The largest absolute Gasteiger partial charge is 0.348 e. The normalized spacial score (nSPS) is 17.7. The van der Waals surface area contributed by atoms with Crippen LogP contribution in [0.5, 0.6) is 0 Å². The lowest BCUT2D eigenvalue weighted by molar-refractivity contribution is -0.119. The van der Waals surface area contributed by atoms with E-state index >= 15 is 0 Å². The molecule has 23 heavy (non-hydrogen) atoms. The molecular formula is C17H19ClN4O. The molecule has 1 atom stereocenters. The van der Waals surface area contributed by atoms with Gasteiger partial charge in [-0.3, -0.25) is 4.79 Å². The Morgan fingerprint density at radius 3 is 2.74 bits per heavy atom. The Hall–Kier alpha value is -2.14. The van der Waals surface area contributed by atoms with E-state index in [1.54, 1.807) is 24.5 Å². The van der Waals surface area contributed by atoms with E-state index in [2.05, 4.69) is 22.0 Å². The van der Waals surface area contributed by atoms with Gasteiger partial charge in [-0.05, 0) is 30.7 Å². The maximum Gasteiger partial charge on any atom is 0.256 e. The molecule has 0 saturated carbocycles. The number of rotatable bonds is 6. The highest BCUT2D eigenvalue weighted by Gasteiger charge is 2.36. The SMILES string of the molecule is CCCCC1C(=O)N(c2ccc(Cl)cc2)N=C1Cc1ncc[nH]1. The molecule has 120 valence electrons. The molecule has 0 radical (unpaired) electrons. The minimum Gasteiger partial charge on any atom is -0.348 e. The van der Waals surface area contributed by atoms with Gasteiger partial charge in [-0.2, -0.15) is 5.10 Å². The van der Waals surface area contributed by atoms with Gasteiger partial charge in [-0.25, -0.2) is 9.99 Å². The quantitative estimate of drug-likeness (QED) is 0.875. The first kappa shape index (κ1) is 15.7. The molecule has 0 spiro atoms. The Morgan fingerprint density at radius 1 is 1.30 bits per heavy atom. The molecule has 1 amide bonds. The summed E-state index contributed by atoms with van der Waals surface area (Å²) in [6.45, 7) is 2.12. The predicted molar refractivity (Wildman–Crippen MR) is 91.7 cm³/mol. The summed E-state index contributed by atoms with van der Waals surface area (Å²) < 4.78 is 0. The van der Waals surface area contributed by atoms with Gasteiger partial charge in [-0.1, -0.05) is 31.4 Å². The van der Waals surface area contributed by atoms with E-state index in [0.717, 1.165) is 36.5 Å². The summed E-state index contributed by atoms with van der Waals surface area (Å²) in [5, 5.41) is 6.71. The van der Waals surface area contributed by atoms with Crippen LogP contribution >= 0.6 is 11.6 Å². The number of amides is 1. The molecule has 0 aliphatic carbocycles. The lowest BCUT2D eigenvalue weighted by Crippen LogP contribution is -2.28. The minimum absolute atomic E-state index is 0.0299. The lowest BCUT2D eigenvalue weighted by atomic mass is 9.94. The number of halogens is 1. The van der Waals surface area contributed by atoms with Gasteiger partial charge in [0.2, 0.25) is 0 Å². The predicted octanol–water partition coefficient (Wildman–Crippen LogP) is 3.81. The fraction of sp³-hybridized carbons (Fsp3) is 0.353. The van der Waals surface area contributed by atoms with E-state index in [1.807, 2.05) is 12.1 Å². The van der Waals surface area contributed by atoms with Crippen molar-refractivity contribution in [2.24, 2.45) is 11.0 Å². The van der Waals surface area contributed by atoms with Crippen molar-refractivity contribution in [1.29, 1.82) is 0 Å². The van der Waals surface area contributed by atoms with Crippen molar-refractivity contribution < 1.29 is 4.79 Å². The molecule has 0 bridgehead atoms. The second-order valence-electron chi connectivity index (χ2n) is 5.63. The monoisotopic (exact) mass is 330 g/mol. The minimum atomic E-state index is -0.171. The second-order valence-corrected chi connectivity index (χ2v) is 6.06. The molecule has 1 N–H and O–H groups in total. The third-order valence-electron chi connectivity index (χ3n) is 3.96. The number of carbonyl (C=O) groups is 1. The van der Waals surface area contributed by atoms with Crippen LogP contribution in [0.4, 0.5) is 5.69 Å². The zero-order valence-corrected chi connectivity index (χ0v) is 13.8. The van der Waals surface area contributed by atoms with Gasteiger partial charge < -0.3 is 4.98 Å². The van der Waals surface area contributed by atoms with E-state index in [4.69, 9.17) is 11.6 Å². The molecule has 0 saturated heterocycles. The first-order valence-corrected chi connectivity index (χ1v) is 8.22. The number of hydrazone groups is 1. The third kappa shape index (κ3) is 3.45. The summed E-state index contributed by atoms with van der Waals surface area (Å²) in [5.74, 6) is 0.689. The summed E-state index contributed by atoms with van der Waals surface area (Å²) in [5.41, 5.74) is 1.61. The number of hydrogen-bond donors (Lipinski definition) is 1. The molecule has 3 rings (SSSR count). The van der Waals surface area contributed by atoms with E-state index in [-0.39, 0.29) is 11.8 Å². The van der Waals surface area contributed by atoms with Crippen LogP contribution in [0, 0.1) is 5.92 Å². The number of nitrogens with one attached hydrogen (secondary N) is 1. The number of aromatic amines is 1. The first-order chi connectivity index (χ1) is 11.2. The van der Waals surface area contributed by atoms with Crippen LogP contribution in [0.3, 0.4) is 0 Å². The Balaban J connectivity index is 1.86. The number of H-pyrrole nitrogens is 1. The van der Waals surface area contributed by atoms with Crippen molar-refractivity contribution in [1.82, 2.24) is 9.97 Å². The molecule has 6 heteroatoms. The third-order valence-corrected chi connectivity index (χ3v) is 4.21. The van der Waals surface area contributed by atoms with Gasteiger partial charge in [-0.15, -0.1) is 0 Å². The van der Waals surface area contributed by atoms with E-state index < -0.39 is 0 Å². The summed E-state index contributed by atoms with van der Waals surface area (Å²) in [6.07, 6.45) is 6.94. The molecule has 2 aromatic rings. The average molecular weight is 331 g/mol. The standard InChI is InChI=1S/C17H19ClN4O/c1-2-3-4-14-15(11-16-19-9-10-20-16)21-22(17(14)23)13-7-5-12(18)6-8-13/h5-10,14H,2-4,11H2,1H3,(H,19,20). The zero-order chi connectivity index (χ0) is 16.2. The molecule has 1 aromatic carbocycles. The number of benzene rings is 1. The number of nitrogens with zero attached hydrogens (tertiary/aromatic N) is 3. The summed E-state index contributed by atoms with van der Waals surface area (Å²) in [7, 11) is 0. The van der Waals surface area contributed by atoms with Gasteiger partial charge in [0.1, 0.15) is 5.82 Å². The van der Waals surface area contributed by atoms with Crippen LogP contribution < -0.4 is 5.01 Å². The van der Waals surface area contributed by atoms with Crippen molar-refractivity contribution in [3.63, 3.8) is 0 Å². The molecule has 1 unspecified atom stereocenters. The highest BCUT2D eigenvalue weighted by molar-refractivity contribution is 6.30. The van der Waals surface area contributed by atoms with Crippen LogP contribution in [0.15, 0.2) is 41.8 Å². The van der Waals surface area contributed by atoms with Gasteiger partial charge in [0, 0.05) is 23.8 Å². The molecule has 1 aliphatic rings. The number of unbranched alkanes of at least 4 members (excludes halogenated alkanes) is 1. The van der Waals surface area contributed by atoms with Crippen molar-refractivity contribution in [2.75, 3.05) is 5.01 Å². The van der Waals surface area contributed by atoms with Gasteiger partial charge >= 0.3 is 0 Å². The number of carbonyl (C=O) groups excluding carboxylic acids is 1. The number of anilines is 1. The van der Waals surface area contributed by atoms with Crippen LogP contribution in [-0.4, -0.2) is 21.6 Å². The fourth-order valence-electron chi connectivity index (χ4n) is 2.73. The Bertz CT molecular complexity index is 694. The highest BCUT2D eigenvalue weighted by atomic mass is 35.5. The molecule has 1 aromatic heterocycles. The van der Waals surface area contributed by atoms with Crippen LogP contribution in [0.25, 0.3) is 0 Å². The number of imidazole rings is 1. The number of aromatic nitrogens is 2. The molecule has 2 heterocycles. The van der Waals surface area contributed by atoms with Crippen molar-refractivity contribution >= 4 is 28.9 Å². The molecule has 1 aliphatic heterocycles. The van der Waals surface area contributed by atoms with Gasteiger partial charge in [0.05, 0.1) is 17.3 Å². The van der Waals surface area contributed by atoms with Crippen LogP contribution in [0.2, 0.25) is 5.02 Å². The first-order valence-electron chi connectivity index (χ1n) is 7.84. The van der Waals surface area contributed by atoms with Gasteiger partial charge in [0.15, 0.2) is 0 Å². The summed E-state index contributed by atoms with van der Waals surface area (Å²) >= 11 is 5.92. The van der Waals surface area contributed by atoms with Gasteiger partial charge in [0.25, 0.3) is 5.91 Å². The van der Waals surface area contributed by atoms with E-state index in [1.165, 1.54) is 5.01 Å². The molecular weight excluding hydrogens is 312 g/mol. The Kier molecular flexibility index (Phi) is 4.76. The summed E-state index contributed by atoms with van der Waals surface area (Å²) in [6, 6.07) is 7.17. The fourth-order valence-corrected chi connectivity index (χ4v) is 2.85. The maximum atomic E-state index is 12.8. The average Bonchev–Trinajstić information content (AvgIpc) is 3.16. The molecule has 0 fully saturated rings. The second kappa shape index (κ2) is 6.96. The van der Waals surface area contributed by atoms with Crippen LogP contribution in [0.1, 0.15) is 32.0 Å². The summed E-state index contributed by atoms with van der Waals surface area (Å²) in [4.78, 5) is 20.1. The van der Waals surface area contributed by atoms with E-state index in [9.17, 15) is 4.79 Å². The Labute approximate surface area is 140 Å².